The highest BCUT2D eigenvalue weighted by molar-refractivity contribution is 9.10. The standard InChI is InChI=1S/C16H12BrF2NO3/c17-11-3-1-2-9(6-11)7-14(16(22)23)20-15(21)10-4-5-12(18)13(19)8-10/h1-6,8,14H,7H2,(H,20,21)(H,22,23)/t14-/m1/s1. The van der Waals surface area contributed by atoms with Gasteiger partial charge in [-0.2, -0.15) is 0 Å². The van der Waals surface area contributed by atoms with E-state index in [4.69, 9.17) is 0 Å². The quantitative estimate of drug-likeness (QED) is 0.833. The molecule has 0 saturated heterocycles. The molecule has 0 spiro atoms. The molecule has 120 valence electrons. The maximum atomic E-state index is 13.2. The van der Waals surface area contributed by atoms with Crippen LogP contribution in [0.4, 0.5) is 8.78 Å². The summed E-state index contributed by atoms with van der Waals surface area (Å²) in [4.78, 5) is 23.3. The third-order valence-corrected chi connectivity index (χ3v) is 3.61. The monoisotopic (exact) mass is 383 g/mol. The highest BCUT2D eigenvalue weighted by atomic mass is 79.9. The molecule has 0 bridgehead atoms. The number of carbonyl (C=O) groups excluding carboxylic acids is 1. The van der Waals surface area contributed by atoms with Gasteiger partial charge in [0.2, 0.25) is 0 Å². The summed E-state index contributed by atoms with van der Waals surface area (Å²) in [6.45, 7) is 0. The van der Waals surface area contributed by atoms with Crippen LogP contribution in [-0.2, 0) is 11.2 Å². The second-order valence-electron chi connectivity index (χ2n) is 4.83. The molecule has 4 nitrogen and oxygen atoms in total. The van der Waals surface area contributed by atoms with Crippen molar-refractivity contribution in [2.24, 2.45) is 0 Å². The molecule has 2 aromatic rings. The number of halogens is 3. The van der Waals surface area contributed by atoms with Crippen LogP contribution in [0.15, 0.2) is 46.9 Å². The predicted octanol–water partition coefficient (Wildman–Crippen LogP) is 3.15. The molecule has 0 saturated carbocycles. The first-order valence-corrected chi connectivity index (χ1v) is 7.39. The zero-order chi connectivity index (χ0) is 17.0. The fraction of sp³-hybridized carbons (Fsp3) is 0.125. The summed E-state index contributed by atoms with van der Waals surface area (Å²) >= 11 is 3.28. The molecule has 0 radical (unpaired) electrons. The molecule has 0 fully saturated rings. The Morgan fingerprint density at radius 1 is 1.13 bits per heavy atom. The van der Waals surface area contributed by atoms with E-state index in [1.54, 1.807) is 24.3 Å². The van der Waals surface area contributed by atoms with Gasteiger partial charge in [0.05, 0.1) is 0 Å². The van der Waals surface area contributed by atoms with Crippen molar-refractivity contribution in [3.8, 4) is 0 Å². The summed E-state index contributed by atoms with van der Waals surface area (Å²) in [6.07, 6.45) is 0.0597. The Hall–Kier alpha value is -2.28. The van der Waals surface area contributed by atoms with E-state index < -0.39 is 29.6 Å². The van der Waals surface area contributed by atoms with E-state index in [9.17, 15) is 23.5 Å². The van der Waals surface area contributed by atoms with Crippen LogP contribution in [0.25, 0.3) is 0 Å². The molecule has 1 atom stereocenters. The highest BCUT2D eigenvalue weighted by Crippen LogP contribution is 2.14. The maximum Gasteiger partial charge on any atom is 0.326 e. The minimum Gasteiger partial charge on any atom is -0.480 e. The normalized spacial score (nSPS) is 11.8. The van der Waals surface area contributed by atoms with Crippen LogP contribution < -0.4 is 5.32 Å². The highest BCUT2D eigenvalue weighted by Gasteiger charge is 2.21. The summed E-state index contributed by atoms with van der Waals surface area (Å²) in [5, 5.41) is 11.5. The molecule has 0 aliphatic rings. The zero-order valence-electron chi connectivity index (χ0n) is 11.7. The lowest BCUT2D eigenvalue weighted by Crippen LogP contribution is -2.42. The third kappa shape index (κ3) is 4.59. The average Bonchev–Trinajstić information content (AvgIpc) is 2.49. The molecule has 2 aromatic carbocycles. The summed E-state index contributed by atoms with van der Waals surface area (Å²) in [5.41, 5.74) is 0.557. The molecular weight excluding hydrogens is 372 g/mol. The van der Waals surface area contributed by atoms with Crippen molar-refractivity contribution in [3.05, 3.63) is 69.7 Å². The van der Waals surface area contributed by atoms with Crippen LogP contribution in [0.1, 0.15) is 15.9 Å². The minimum absolute atomic E-state index is 0.0597. The lowest BCUT2D eigenvalue weighted by atomic mass is 10.1. The van der Waals surface area contributed by atoms with E-state index in [1.807, 2.05) is 0 Å². The Bertz CT molecular complexity index is 752. The van der Waals surface area contributed by atoms with Crippen molar-refractivity contribution in [2.45, 2.75) is 12.5 Å². The first-order chi connectivity index (χ1) is 10.9. The first kappa shape index (κ1) is 17.1. The molecule has 7 heteroatoms. The topological polar surface area (TPSA) is 66.4 Å². The largest absolute Gasteiger partial charge is 0.480 e. The second-order valence-corrected chi connectivity index (χ2v) is 5.74. The van der Waals surface area contributed by atoms with Gasteiger partial charge < -0.3 is 10.4 Å². The van der Waals surface area contributed by atoms with E-state index in [0.29, 0.717) is 5.56 Å². The van der Waals surface area contributed by atoms with Gasteiger partial charge in [0.25, 0.3) is 5.91 Å². The molecule has 0 aromatic heterocycles. The Labute approximate surface area is 139 Å². The lowest BCUT2D eigenvalue weighted by molar-refractivity contribution is -0.139. The predicted molar refractivity (Wildman–Crippen MR) is 83.1 cm³/mol. The number of hydrogen-bond acceptors (Lipinski definition) is 2. The Morgan fingerprint density at radius 2 is 1.87 bits per heavy atom. The van der Waals surface area contributed by atoms with Crippen molar-refractivity contribution in [2.75, 3.05) is 0 Å². The lowest BCUT2D eigenvalue weighted by Gasteiger charge is -2.15. The summed E-state index contributed by atoms with van der Waals surface area (Å²) in [5.74, 6) is -4.26. The van der Waals surface area contributed by atoms with E-state index >= 15 is 0 Å². The molecule has 0 aliphatic carbocycles. The molecule has 23 heavy (non-hydrogen) atoms. The number of benzene rings is 2. The zero-order valence-corrected chi connectivity index (χ0v) is 13.3. The van der Waals surface area contributed by atoms with E-state index in [1.165, 1.54) is 0 Å². The van der Waals surface area contributed by atoms with Crippen LogP contribution >= 0.6 is 15.9 Å². The van der Waals surface area contributed by atoms with Gasteiger partial charge in [-0.25, -0.2) is 13.6 Å². The Morgan fingerprint density at radius 3 is 2.48 bits per heavy atom. The number of nitrogens with one attached hydrogen (secondary N) is 1. The fourth-order valence-electron chi connectivity index (χ4n) is 1.98. The van der Waals surface area contributed by atoms with Crippen LogP contribution in [0, 0.1) is 11.6 Å². The van der Waals surface area contributed by atoms with Crippen molar-refractivity contribution in [3.63, 3.8) is 0 Å². The van der Waals surface area contributed by atoms with Gasteiger partial charge in [0, 0.05) is 16.5 Å². The van der Waals surface area contributed by atoms with E-state index in [-0.39, 0.29) is 12.0 Å². The number of carboxylic acid groups (broad SMARTS) is 1. The molecule has 1 amide bonds. The first-order valence-electron chi connectivity index (χ1n) is 6.60. The van der Waals surface area contributed by atoms with Gasteiger partial charge in [0.1, 0.15) is 6.04 Å². The third-order valence-electron chi connectivity index (χ3n) is 3.11. The SMILES string of the molecule is O=C(N[C@H](Cc1cccc(Br)c1)C(=O)O)c1ccc(F)c(F)c1. The molecule has 0 heterocycles. The number of carboxylic acids is 1. The van der Waals surface area contributed by atoms with E-state index in [2.05, 4.69) is 21.2 Å². The van der Waals surface area contributed by atoms with Gasteiger partial charge in [0.15, 0.2) is 11.6 Å². The van der Waals surface area contributed by atoms with Crippen molar-refractivity contribution in [1.29, 1.82) is 0 Å². The average molecular weight is 384 g/mol. The van der Waals surface area contributed by atoms with Crippen LogP contribution in [0.2, 0.25) is 0 Å². The van der Waals surface area contributed by atoms with Crippen LogP contribution in [0.3, 0.4) is 0 Å². The van der Waals surface area contributed by atoms with Gasteiger partial charge in [-0.05, 0) is 35.9 Å². The number of amides is 1. The van der Waals surface area contributed by atoms with Gasteiger partial charge in [-0.15, -0.1) is 0 Å². The van der Waals surface area contributed by atoms with E-state index in [0.717, 1.165) is 22.7 Å². The fourth-order valence-corrected chi connectivity index (χ4v) is 2.43. The summed E-state index contributed by atoms with van der Waals surface area (Å²) in [6, 6.07) is 8.44. The molecule has 2 rings (SSSR count). The molecule has 0 aliphatic heterocycles. The van der Waals surface area contributed by atoms with Crippen LogP contribution in [0.5, 0.6) is 0 Å². The second kappa shape index (κ2) is 7.32. The summed E-state index contributed by atoms with van der Waals surface area (Å²) in [7, 11) is 0. The molecule has 0 unspecified atom stereocenters. The van der Waals surface area contributed by atoms with Gasteiger partial charge in [-0.1, -0.05) is 28.1 Å². The van der Waals surface area contributed by atoms with Gasteiger partial charge in [-0.3, -0.25) is 4.79 Å². The minimum atomic E-state index is -1.22. The van der Waals surface area contributed by atoms with Gasteiger partial charge >= 0.3 is 5.97 Å². The molecular formula is C16H12BrF2NO3. The van der Waals surface area contributed by atoms with Crippen molar-refractivity contribution in [1.82, 2.24) is 5.32 Å². The number of aliphatic carboxylic acids is 1. The smallest absolute Gasteiger partial charge is 0.326 e. The number of carbonyl (C=O) groups is 2. The number of hydrogen-bond donors (Lipinski definition) is 2. The van der Waals surface area contributed by atoms with Crippen molar-refractivity contribution < 1.29 is 23.5 Å². The van der Waals surface area contributed by atoms with Crippen LogP contribution in [-0.4, -0.2) is 23.0 Å². The Kier molecular flexibility index (Phi) is 5.44. The molecule has 2 N–H and O–H groups in total. The van der Waals surface area contributed by atoms with Crippen molar-refractivity contribution >= 4 is 27.8 Å². The Balaban J connectivity index is 2.14. The summed E-state index contributed by atoms with van der Waals surface area (Å²) < 4.78 is 26.8. The maximum absolute atomic E-state index is 13.2. The number of rotatable bonds is 5.